The second-order valence-corrected chi connectivity index (χ2v) is 7.39. The van der Waals surface area contributed by atoms with Gasteiger partial charge in [-0.05, 0) is 19.8 Å². The number of alkyl halides is 1. The van der Waals surface area contributed by atoms with Gasteiger partial charge < -0.3 is 0 Å². The van der Waals surface area contributed by atoms with E-state index in [9.17, 15) is 8.42 Å². The van der Waals surface area contributed by atoms with E-state index in [-0.39, 0.29) is 11.7 Å². The van der Waals surface area contributed by atoms with Crippen molar-refractivity contribution in [2.75, 3.05) is 37.8 Å². The van der Waals surface area contributed by atoms with Crippen molar-refractivity contribution in [1.29, 1.82) is 0 Å². The highest BCUT2D eigenvalue weighted by Gasteiger charge is 2.28. The van der Waals surface area contributed by atoms with E-state index in [1.165, 1.54) is 0 Å². The molecular weight excluding hydrogens is 260 g/mol. The van der Waals surface area contributed by atoms with Gasteiger partial charge in [-0.2, -0.15) is 4.31 Å². The van der Waals surface area contributed by atoms with Gasteiger partial charge in [-0.15, -0.1) is 11.6 Å². The van der Waals surface area contributed by atoms with Gasteiger partial charge in [0.2, 0.25) is 10.0 Å². The van der Waals surface area contributed by atoms with E-state index in [0.717, 1.165) is 13.1 Å². The molecule has 0 aliphatic carbocycles. The van der Waals surface area contributed by atoms with Gasteiger partial charge in [-0.3, -0.25) is 4.90 Å². The Kier molecular flexibility index (Phi) is 5.70. The Morgan fingerprint density at radius 2 is 1.65 bits per heavy atom. The summed E-state index contributed by atoms with van der Waals surface area (Å²) in [6, 6.07) is 0.488. The van der Waals surface area contributed by atoms with Crippen molar-refractivity contribution in [3.8, 4) is 0 Å². The van der Waals surface area contributed by atoms with Crippen LogP contribution in [0.3, 0.4) is 0 Å². The molecule has 1 fully saturated rings. The summed E-state index contributed by atoms with van der Waals surface area (Å²) in [5, 5.41) is 0. The summed E-state index contributed by atoms with van der Waals surface area (Å²) in [6.45, 7) is 9.01. The lowest BCUT2D eigenvalue weighted by Gasteiger charge is -2.36. The van der Waals surface area contributed by atoms with Crippen LogP contribution in [0.25, 0.3) is 0 Å². The van der Waals surface area contributed by atoms with Gasteiger partial charge in [0.25, 0.3) is 0 Å². The first-order valence-corrected chi connectivity index (χ1v) is 8.29. The molecule has 0 aromatic rings. The highest BCUT2D eigenvalue weighted by atomic mass is 35.5. The van der Waals surface area contributed by atoms with E-state index in [4.69, 9.17) is 11.6 Å². The predicted octanol–water partition coefficient (Wildman–Crippen LogP) is 1.22. The highest BCUT2D eigenvalue weighted by molar-refractivity contribution is 7.89. The fourth-order valence-electron chi connectivity index (χ4n) is 2.01. The minimum atomic E-state index is -3.12. The monoisotopic (exact) mass is 282 g/mol. The van der Waals surface area contributed by atoms with Gasteiger partial charge in [0.15, 0.2) is 0 Å². The fourth-order valence-corrected chi connectivity index (χ4v) is 4.01. The van der Waals surface area contributed by atoms with Gasteiger partial charge >= 0.3 is 0 Å². The molecule has 4 nitrogen and oxygen atoms in total. The van der Waals surface area contributed by atoms with Gasteiger partial charge in [0.05, 0.1) is 5.75 Å². The standard InChI is InChI=1S/C11H23ClN2O2S/c1-10(2)13-4-6-14(7-5-13)17(15,16)9-11(3)8-12/h10-11H,4-9H2,1-3H3. The molecule has 1 unspecified atom stereocenters. The minimum absolute atomic E-state index is 0.0183. The number of rotatable bonds is 5. The van der Waals surface area contributed by atoms with Gasteiger partial charge in [0, 0.05) is 38.1 Å². The van der Waals surface area contributed by atoms with Crippen molar-refractivity contribution in [1.82, 2.24) is 9.21 Å². The zero-order chi connectivity index (χ0) is 13.1. The lowest BCUT2D eigenvalue weighted by molar-refractivity contribution is 0.154. The number of nitrogens with zero attached hydrogens (tertiary/aromatic N) is 2. The number of piperazine rings is 1. The van der Waals surface area contributed by atoms with Crippen molar-refractivity contribution in [3.05, 3.63) is 0 Å². The first-order chi connectivity index (χ1) is 7.86. The first kappa shape index (κ1) is 15.2. The quantitative estimate of drug-likeness (QED) is 0.712. The summed E-state index contributed by atoms with van der Waals surface area (Å²) in [6.07, 6.45) is 0. The summed E-state index contributed by atoms with van der Waals surface area (Å²) >= 11 is 5.67. The van der Waals surface area contributed by atoms with Crippen LogP contribution in [0, 0.1) is 5.92 Å². The van der Waals surface area contributed by atoms with Crippen molar-refractivity contribution < 1.29 is 8.42 Å². The molecule has 0 amide bonds. The molecule has 102 valence electrons. The van der Waals surface area contributed by atoms with Crippen LogP contribution in [0.2, 0.25) is 0 Å². The molecule has 1 aliphatic heterocycles. The molecule has 0 aromatic heterocycles. The molecule has 0 bridgehead atoms. The average molecular weight is 283 g/mol. The summed E-state index contributed by atoms with van der Waals surface area (Å²) in [7, 11) is -3.12. The lowest BCUT2D eigenvalue weighted by Crippen LogP contribution is -2.51. The molecule has 1 aliphatic rings. The van der Waals surface area contributed by atoms with Crippen LogP contribution in [0.1, 0.15) is 20.8 Å². The molecule has 0 spiro atoms. The van der Waals surface area contributed by atoms with Crippen LogP contribution in [0.15, 0.2) is 0 Å². The third-order valence-corrected chi connectivity index (χ3v) is 5.82. The van der Waals surface area contributed by atoms with Crippen LogP contribution in [0.4, 0.5) is 0 Å². The Labute approximate surface area is 110 Å². The van der Waals surface area contributed by atoms with Crippen molar-refractivity contribution >= 4 is 21.6 Å². The van der Waals surface area contributed by atoms with Gasteiger partial charge in [-0.1, -0.05) is 6.92 Å². The van der Waals surface area contributed by atoms with Crippen LogP contribution in [-0.4, -0.2) is 61.5 Å². The third kappa shape index (κ3) is 4.39. The molecular formula is C11H23ClN2O2S. The molecule has 1 rings (SSSR count). The molecule has 0 aromatic carbocycles. The van der Waals surface area contributed by atoms with E-state index in [2.05, 4.69) is 18.7 Å². The molecule has 17 heavy (non-hydrogen) atoms. The van der Waals surface area contributed by atoms with E-state index in [1.807, 2.05) is 6.92 Å². The van der Waals surface area contributed by atoms with Gasteiger partial charge in [0.1, 0.15) is 0 Å². The zero-order valence-electron chi connectivity index (χ0n) is 10.9. The van der Waals surface area contributed by atoms with E-state index in [1.54, 1.807) is 4.31 Å². The number of hydrogen-bond acceptors (Lipinski definition) is 3. The maximum atomic E-state index is 12.1. The summed E-state index contributed by atoms with van der Waals surface area (Å²) in [5.74, 6) is 0.577. The second-order valence-electron chi connectivity index (χ2n) is 5.07. The molecule has 6 heteroatoms. The molecule has 0 saturated carbocycles. The maximum Gasteiger partial charge on any atom is 0.214 e. The highest BCUT2D eigenvalue weighted by Crippen LogP contribution is 2.13. The fraction of sp³-hybridized carbons (Fsp3) is 1.00. The molecule has 1 saturated heterocycles. The lowest BCUT2D eigenvalue weighted by atomic mass is 10.3. The summed E-state index contributed by atoms with van der Waals surface area (Å²) < 4.78 is 25.8. The van der Waals surface area contributed by atoms with Crippen LogP contribution in [-0.2, 0) is 10.0 Å². The Hall–Kier alpha value is 0.160. The third-order valence-electron chi connectivity index (χ3n) is 3.16. The summed E-state index contributed by atoms with van der Waals surface area (Å²) in [5.41, 5.74) is 0. The Morgan fingerprint density at radius 1 is 1.12 bits per heavy atom. The van der Waals surface area contributed by atoms with Crippen molar-refractivity contribution in [2.45, 2.75) is 26.8 Å². The predicted molar refractivity (Wildman–Crippen MR) is 72.0 cm³/mol. The average Bonchev–Trinajstić information content (AvgIpc) is 2.28. The smallest absolute Gasteiger partial charge is 0.214 e. The van der Waals surface area contributed by atoms with E-state index >= 15 is 0 Å². The van der Waals surface area contributed by atoms with Gasteiger partial charge in [-0.25, -0.2) is 8.42 Å². The number of hydrogen-bond donors (Lipinski definition) is 0. The number of halogens is 1. The van der Waals surface area contributed by atoms with E-state index in [0.29, 0.717) is 25.0 Å². The maximum absolute atomic E-state index is 12.1. The largest absolute Gasteiger partial charge is 0.298 e. The van der Waals surface area contributed by atoms with Crippen LogP contribution >= 0.6 is 11.6 Å². The van der Waals surface area contributed by atoms with Crippen LogP contribution < -0.4 is 0 Å². The minimum Gasteiger partial charge on any atom is -0.298 e. The Bertz CT molecular complexity index is 324. The van der Waals surface area contributed by atoms with Crippen molar-refractivity contribution in [3.63, 3.8) is 0 Å². The second kappa shape index (κ2) is 6.36. The topological polar surface area (TPSA) is 40.6 Å². The van der Waals surface area contributed by atoms with Crippen molar-refractivity contribution in [2.24, 2.45) is 5.92 Å². The first-order valence-electron chi connectivity index (χ1n) is 6.14. The zero-order valence-corrected chi connectivity index (χ0v) is 12.5. The molecule has 1 atom stereocenters. The summed E-state index contributed by atoms with van der Waals surface area (Å²) in [4.78, 5) is 2.30. The Balaban J connectivity index is 2.53. The number of sulfonamides is 1. The van der Waals surface area contributed by atoms with E-state index < -0.39 is 10.0 Å². The molecule has 1 heterocycles. The SMILES string of the molecule is CC(CCl)CS(=O)(=O)N1CCN(C(C)C)CC1. The van der Waals surface area contributed by atoms with Crippen LogP contribution in [0.5, 0.6) is 0 Å². The molecule has 0 N–H and O–H groups in total. The Morgan fingerprint density at radius 3 is 2.06 bits per heavy atom. The normalized spacial score (nSPS) is 21.9. The molecule has 0 radical (unpaired) electrons.